The maximum atomic E-state index is 4.73. The van der Waals surface area contributed by atoms with Crippen LogP contribution in [-0.4, -0.2) is 40.4 Å². The van der Waals surface area contributed by atoms with Crippen LogP contribution in [0.1, 0.15) is 35.7 Å². The minimum Gasteiger partial charge on any atom is -0.344 e. The van der Waals surface area contributed by atoms with Crippen molar-refractivity contribution < 1.29 is 0 Å². The average Bonchev–Trinajstić information content (AvgIpc) is 3.26. The lowest BCUT2D eigenvalue weighted by Crippen LogP contribution is -2.45. The maximum absolute atomic E-state index is 4.73. The van der Waals surface area contributed by atoms with Crippen LogP contribution in [0.3, 0.4) is 0 Å². The van der Waals surface area contributed by atoms with Crippen molar-refractivity contribution in [2.75, 3.05) is 31.1 Å². The molecular weight excluding hydrogens is 292 g/mol. The Morgan fingerprint density at radius 3 is 2.73 bits per heavy atom. The van der Waals surface area contributed by atoms with Gasteiger partial charge in [-0.3, -0.25) is 4.90 Å². The van der Waals surface area contributed by atoms with Gasteiger partial charge in [0.2, 0.25) is 5.13 Å². The molecule has 2 fully saturated rings. The maximum Gasteiger partial charge on any atom is 0.205 e. The Hall–Kier alpha value is -1.46. The molecule has 5 heteroatoms. The molecule has 2 heterocycles. The Morgan fingerprint density at radius 2 is 2.00 bits per heavy atom. The lowest BCUT2D eigenvalue weighted by molar-refractivity contribution is 0.250. The van der Waals surface area contributed by atoms with Gasteiger partial charge in [0, 0.05) is 50.2 Å². The van der Waals surface area contributed by atoms with Crippen LogP contribution in [0.4, 0.5) is 5.13 Å². The predicted molar refractivity (Wildman–Crippen MR) is 90.6 cm³/mol. The number of hydrogen-bond donors (Lipinski definition) is 0. The summed E-state index contributed by atoms with van der Waals surface area (Å²) in [6.07, 6.45) is 2.56. The fourth-order valence-corrected chi connectivity index (χ4v) is 3.83. The van der Waals surface area contributed by atoms with Crippen LogP contribution in [0, 0.1) is 6.92 Å². The molecule has 1 saturated carbocycles. The molecule has 0 amide bonds. The highest BCUT2D eigenvalue weighted by Crippen LogP contribution is 2.39. The summed E-state index contributed by atoms with van der Waals surface area (Å²) in [5, 5.41) is 1.12. The van der Waals surface area contributed by atoms with Crippen molar-refractivity contribution >= 4 is 16.7 Å². The lowest BCUT2D eigenvalue weighted by atomic mass is 10.1. The summed E-state index contributed by atoms with van der Waals surface area (Å²) < 4.78 is 4.53. The molecule has 4 rings (SSSR count). The second kappa shape index (κ2) is 5.97. The summed E-state index contributed by atoms with van der Waals surface area (Å²) in [4.78, 5) is 9.67. The van der Waals surface area contributed by atoms with Crippen LogP contribution in [0.25, 0.3) is 0 Å². The molecule has 0 radical (unpaired) electrons. The van der Waals surface area contributed by atoms with E-state index in [1.807, 2.05) is 0 Å². The van der Waals surface area contributed by atoms with E-state index in [-0.39, 0.29) is 0 Å². The first-order valence-electron chi connectivity index (χ1n) is 8.14. The third-order valence-electron chi connectivity index (χ3n) is 4.50. The van der Waals surface area contributed by atoms with E-state index in [0.717, 1.165) is 43.7 Å². The van der Waals surface area contributed by atoms with Crippen molar-refractivity contribution in [3.8, 4) is 0 Å². The second-order valence-corrected chi connectivity index (χ2v) is 7.19. The highest BCUT2D eigenvalue weighted by Gasteiger charge is 2.29. The van der Waals surface area contributed by atoms with Gasteiger partial charge in [-0.1, -0.05) is 29.8 Å². The zero-order chi connectivity index (χ0) is 14.9. The molecule has 1 aromatic carbocycles. The van der Waals surface area contributed by atoms with E-state index >= 15 is 0 Å². The SMILES string of the molecule is Cc1cccc(CN2CCN(c3nc(C4CC4)ns3)CC2)c1. The number of anilines is 1. The van der Waals surface area contributed by atoms with Crippen molar-refractivity contribution in [1.29, 1.82) is 0 Å². The molecule has 2 aromatic rings. The minimum atomic E-state index is 0.660. The number of nitrogens with zero attached hydrogens (tertiary/aromatic N) is 4. The van der Waals surface area contributed by atoms with Crippen LogP contribution in [0.2, 0.25) is 0 Å². The van der Waals surface area contributed by atoms with Crippen molar-refractivity contribution in [1.82, 2.24) is 14.3 Å². The van der Waals surface area contributed by atoms with Gasteiger partial charge < -0.3 is 4.90 Å². The first kappa shape index (κ1) is 14.2. The first-order chi connectivity index (χ1) is 10.8. The van der Waals surface area contributed by atoms with E-state index in [1.165, 1.54) is 24.0 Å². The Labute approximate surface area is 136 Å². The van der Waals surface area contributed by atoms with Gasteiger partial charge in [-0.05, 0) is 25.3 Å². The number of piperazine rings is 1. The quantitative estimate of drug-likeness (QED) is 0.868. The first-order valence-corrected chi connectivity index (χ1v) is 8.92. The Bertz CT molecular complexity index is 642. The zero-order valence-corrected chi connectivity index (χ0v) is 13.9. The topological polar surface area (TPSA) is 32.3 Å². The Balaban J connectivity index is 1.33. The average molecular weight is 314 g/mol. The number of rotatable bonds is 4. The number of aromatic nitrogens is 2. The molecule has 1 aliphatic carbocycles. The van der Waals surface area contributed by atoms with Crippen LogP contribution < -0.4 is 4.90 Å². The summed E-state index contributed by atoms with van der Waals surface area (Å²) >= 11 is 1.58. The van der Waals surface area contributed by atoms with E-state index in [1.54, 1.807) is 11.5 Å². The third-order valence-corrected chi connectivity index (χ3v) is 5.30. The minimum absolute atomic E-state index is 0.660. The summed E-state index contributed by atoms with van der Waals surface area (Å²) in [5.41, 5.74) is 2.76. The zero-order valence-electron chi connectivity index (χ0n) is 13.0. The van der Waals surface area contributed by atoms with Crippen molar-refractivity contribution in [2.45, 2.75) is 32.2 Å². The van der Waals surface area contributed by atoms with Crippen LogP contribution in [0.5, 0.6) is 0 Å². The van der Waals surface area contributed by atoms with Crippen molar-refractivity contribution in [3.63, 3.8) is 0 Å². The van der Waals surface area contributed by atoms with E-state index in [4.69, 9.17) is 4.98 Å². The molecule has 0 atom stereocenters. The van der Waals surface area contributed by atoms with E-state index in [0.29, 0.717) is 5.92 Å². The van der Waals surface area contributed by atoms with Gasteiger partial charge >= 0.3 is 0 Å². The largest absolute Gasteiger partial charge is 0.344 e. The van der Waals surface area contributed by atoms with Crippen LogP contribution in [0.15, 0.2) is 24.3 Å². The Morgan fingerprint density at radius 1 is 1.18 bits per heavy atom. The van der Waals surface area contributed by atoms with Gasteiger partial charge in [0.15, 0.2) is 0 Å². The fourth-order valence-electron chi connectivity index (χ4n) is 3.03. The van der Waals surface area contributed by atoms with Gasteiger partial charge in [-0.15, -0.1) is 0 Å². The number of benzene rings is 1. The Kier molecular flexibility index (Phi) is 3.84. The molecule has 0 bridgehead atoms. The third kappa shape index (κ3) is 3.15. The molecule has 4 nitrogen and oxygen atoms in total. The molecule has 0 spiro atoms. The van der Waals surface area contributed by atoms with E-state index in [2.05, 4.69) is 45.4 Å². The molecule has 1 aromatic heterocycles. The molecule has 116 valence electrons. The monoisotopic (exact) mass is 314 g/mol. The van der Waals surface area contributed by atoms with Gasteiger partial charge in [-0.25, -0.2) is 4.98 Å². The lowest BCUT2D eigenvalue weighted by Gasteiger charge is -2.34. The van der Waals surface area contributed by atoms with E-state index < -0.39 is 0 Å². The summed E-state index contributed by atoms with van der Waals surface area (Å²) in [6.45, 7) is 7.54. The normalized spacial score (nSPS) is 19.6. The van der Waals surface area contributed by atoms with Crippen molar-refractivity contribution in [2.24, 2.45) is 0 Å². The van der Waals surface area contributed by atoms with Crippen LogP contribution in [-0.2, 0) is 6.54 Å². The smallest absolute Gasteiger partial charge is 0.205 e. The fraction of sp³-hybridized carbons (Fsp3) is 0.529. The summed E-state index contributed by atoms with van der Waals surface area (Å²) in [5.74, 6) is 1.75. The molecule has 1 aliphatic heterocycles. The molecular formula is C17H22N4S. The molecule has 22 heavy (non-hydrogen) atoms. The number of aryl methyl sites for hydroxylation is 1. The van der Waals surface area contributed by atoms with Crippen LogP contribution >= 0.6 is 11.5 Å². The van der Waals surface area contributed by atoms with Gasteiger partial charge in [0.25, 0.3) is 0 Å². The standard InChI is InChI=1S/C17H22N4S/c1-13-3-2-4-14(11-13)12-20-7-9-21(10-8-20)17-18-16(19-22-17)15-5-6-15/h2-4,11,15H,5-10,12H2,1H3. The molecule has 0 N–H and O–H groups in total. The molecule has 2 aliphatic rings. The highest BCUT2D eigenvalue weighted by molar-refractivity contribution is 7.09. The van der Waals surface area contributed by atoms with Gasteiger partial charge in [0.1, 0.15) is 5.82 Å². The number of hydrogen-bond acceptors (Lipinski definition) is 5. The van der Waals surface area contributed by atoms with Gasteiger partial charge in [-0.2, -0.15) is 4.37 Å². The molecule has 0 unspecified atom stereocenters. The predicted octanol–water partition coefficient (Wildman–Crippen LogP) is 3.05. The highest BCUT2D eigenvalue weighted by atomic mass is 32.1. The van der Waals surface area contributed by atoms with E-state index in [9.17, 15) is 0 Å². The van der Waals surface area contributed by atoms with Crippen molar-refractivity contribution in [3.05, 3.63) is 41.2 Å². The second-order valence-electron chi connectivity index (χ2n) is 6.46. The summed E-state index contributed by atoms with van der Waals surface area (Å²) in [7, 11) is 0. The molecule has 1 saturated heterocycles. The van der Waals surface area contributed by atoms with Gasteiger partial charge in [0.05, 0.1) is 0 Å². The summed E-state index contributed by atoms with van der Waals surface area (Å²) in [6, 6.07) is 8.83.